The molecule has 3 saturated heterocycles. The largest absolute Gasteiger partial charge is 0.496 e. The van der Waals surface area contributed by atoms with E-state index in [0.717, 1.165) is 23.4 Å². The zero-order chi connectivity index (χ0) is 25.1. The number of nitrogens with one attached hydrogen (secondary N) is 1. The molecule has 0 amide bonds. The maximum Gasteiger partial charge on any atom is 0.123 e. The fourth-order valence-electron chi connectivity index (χ4n) is 6.35. The zero-order valence-electron chi connectivity index (χ0n) is 21.9. The second-order valence-electron chi connectivity index (χ2n) is 11.1. The minimum Gasteiger partial charge on any atom is -0.496 e. The molecular weight excluding hydrogens is 444 g/mol. The topological polar surface area (TPSA) is 44.7 Å². The van der Waals surface area contributed by atoms with Gasteiger partial charge < -0.3 is 15.2 Å². The smallest absolute Gasteiger partial charge is 0.123 e. The Morgan fingerprint density at radius 2 is 1.56 bits per heavy atom. The number of methoxy groups -OCH3 is 1. The van der Waals surface area contributed by atoms with Crippen LogP contribution in [-0.2, 0) is 12.0 Å². The molecule has 3 aromatic rings. The minimum atomic E-state index is -0.287. The third kappa shape index (κ3) is 4.95. The van der Waals surface area contributed by atoms with Crippen LogP contribution in [0, 0.1) is 5.92 Å². The predicted molar refractivity (Wildman–Crippen MR) is 147 cm³/mol. The highest BCUT2D eigenvalue weighted by Gasteiger charge is 2.46. The standard InChI is InChI=1S/C32H40N2O2/c1-32(2,22-35)27-14-15-28(36-3)26(20-27)21-33-30-25-16-18-34(19-17-25)31(30)29(23-10-6-4-7-11-23)24-12-8-5-9-13-24/h4-15,20,25,29-31,33,35H,16-19,21-22H2,1-3H3/t30-,31-/m0/s1. The monoisotopic (exact) mass is 484 g/mol. The first kappa shape index (κ1) is 25.0. The summed E-state index contributed by atoms with van der Waals surface area (Å²) in [5.74, 6) is 1.88. The number of ether oxygens (including phenoxy) is 1. The summed E-state index contributed by atoms with van der Waals surface area (Å²) in [7, 11) is 1.74. The molecule has 0 aliphatic carbocycles. The normalized spacial score (nSPS) is 23.7. The molecular formula is C32H40N2O2. The van der Waals surface area contributed by atoms with Gasteiger partial charge in [0.25, 0.3) is 0 Å². The van der Waals surface area contributed by atoms with Gasteiger partial charge in [-0.15, -0.1) is 0 Å². The average Bonchev–Trinajstić information content (AvgIpc) is 2.94. The Balaban J connectivity index is 1.48. The summed E-state index contributed by atoms with van der Waals surface area (Å²) in [5.41, 5.74) is 4.78. The molecule has 0 saturated carbocycles. The number of rotatable bonds is 9. The van der Waals surface area contributed by atoms with Gasteiger partial charge in [-0.05, 0) is 54.6 Å². The first-order valence-corrected chi connectivity index (χ1v) is 13.4. The van der Waals surface area contributed by atoms with Crippen molar-refractivity contribution in [1.29, 1.82) is 0 Å². The van der Waals surface area contributed by atoms with Crippen LogP contribution in [0.1, 0.15) is 54.9 Å². The number of fused-ring (bicyclic) bond motifs is 3. The second-order valence-corrected chi connectivity index (χ2v) is 11.1. The van der Waals surface area contributed by atoms with E-state index in [1.807, 2.05) is 0 Å². The molecule has 4 nitrogen and oxygen atoms in total. The summed E-state index contributed by atoms with van der Waals surface area (Å²) in [6.07, 6.45) is 2.50. The molecule has 0 radical (unpaired) electrons. The van der Waals surface area contributed by atoms with E-state index in [4.69, 9.17) is 4.74 Å². The number of hydrogen-bond acceptors (Lipinski definition) is 4. The Labute approximate surface area is 216 Å². The van der Waals surface area contributed by atoms with Crippen LogP contribution in [0.3, 0.4) is 0 Å². The number of aliphatic hydroxyl groups is 1. The lowest BCUT2D eigenvalue weighted by Gasteiger charge is -2.54. The van der Waals surface area contributed by atoms with E-state index in [1.165, 1.54) is 37.1 Å². The van der Waals surface area contributed by atoms with Crippen LogP contribution < -0.4 is 10.1 Å². The molecule has 3 aliphatic rings. The quantitative estimate of drug-likeness (QED) is 0.430. The van der Waals surface area contributed by atoms with Gasteiger partial charge in [0.05, 0.1) is 13.7 Å². The molecule has 4 heteroatoms. The minimum absolute atomic E-state index is 0.115. The lowest BCUT2D eigenvalue weighted by Crippen LogP contribution is -2.64. The molecule has 3 aliphatic heterocycles. The summed E-state index contributed by atoms with van der Waals surface area (Å²) in [4.78, 5) is 2.73. The van der Waals surface area contributed by atoms with Gasteiger partial charge in [-0.25, -0.2) is 0 Å². The molecule has 3 heterocycles. The van der Waals surface area contributed by atoms with E-state index in [1.54, 1.807) is 7.11 Å². The predicted octanol–water partition coefficient (Wildman–Crippen LogP) is 5.35. The number of benzene rings is 3. The number of piperidine rings is 3. The molecule has 2 bridgehead atoms. The van der Waals surface area contributed by atoms with Crippen molar-refractivity contribution < 1.29 is 9.84 Å². The summed E-state index contributed by atoms with van der Waals surface area (Å²) >= 11 is 0. The molecule has 36 heavy (non-hydrogen) atoms. The van der Waals surface area contributed by atoms with Crippen molar-refractivity contribution in [3.8, 4) is 5.75 Å². The van der Waals surface area contributed by atoms with Gasteiger partial charge in [0, 0.05) is 35.5 Å². The van der Waals surface area contributed by atoms with E-state index in [2.05, 4.69) is 103 Å². The lowest BCUT2D eigenvalue weighted by molar-refractivity contribution is 0.00462. The molecule has 190 valence electrons. The molecule has 0 spiro atoms. The van der Waals surface area contributed by atoms with Crippen LogP contribution in [0.4, 0.5) is 0 Å². The van der Waals surface area contributed by atoms with E-state index >= 15 is 0 Å². The van der Waals surface area contributed by atoms with Crippen molar-refractivity contribution >= 4 is 0 Å². The van der Waals surface area contributed by atoms with Crippen molar-refractivity contribution in [2.45, 2.75) is 56.7 Å². The first-order valence-electron chi connectivity index (χ1n) is 13.4. The Hall–Kier alpha value is -2.66. The molecule has 2 atom stereocenters. The molecule has 3 fully saturated rings. The SMILES string of the molecule is COc1ccc(C(C)(C)CO)cc1CN[C@H]1C2CCN(CC2)[C@H]1C(c1ccccc1)c1ccccc1. The molecule has 0 aromatic heterocycles. The van der Waals surface area contributed by atoms with Gasteiger partial charge in [0.2, 0.25) is 0 Å². The highest BCUT2D eigenvalue weighted by Crippen LogP contribution is 2.42. The Bertz CT molecular complexity index is 1080. The van der Waals surface area contributed by atoms with Crippen LogP contribution in [-0.4, -0.2) is 48.9 Å². The van der Waals surface area contributed by atoms with Crippen LogP contribution in [0.5, 0.6) is 5.75 Å². The fraction of sp³-hybridized carbons (Fsp3) is 0.438. The van der Waals surface area contributed by atoms with E-state index in [9.17, 15) is 5.11 Å². The Kier molecular flexibility index (Phi) is 7.47. The van der Waals surface area contributed by atoms with Gasteiger partial charge in [-0.3, -0.25) is 4.90 Å². The Morgan fingerprint density at radius 3 is 2.11 bits per heavy atom. The van der Waals surface area contributed by atoms with Crippen molar-refractivity contribution in [3.05, 3.63) is 101 Å². The maximum absolute atomic E-state index is 9.93. The van der Waals surface area contributed by atoms with Gasteiger partial charge in [0.15, 0.2) is 0 Å². The first-order chi connectivity index (χ1) is 17.5. The highest BCUT2D eigenvalue weighted by atomic mass is 16.5. The Morgan fingerprint density at radius 1 is 0.944 bits per heavy atom. The van der Waals surface area contributed by atoms with Crippen molar-refractivity contribution in [2.24, 2.45) is 5.92 Å². The average molecular weight is 485 g/mol. The second kappa shape index (κ2) is 10.8. The van der Waals surface area contributed by atoms with Gasteiger partial charge in [0.1, 0.15) is 5.75 Å². The summed E-state index contributed by atoms with van der Waals surface area (Å²) in [6.45, 7) is 7.38. The third-order valence-electron chi connectivity index (χ3n) is 8.52. The summed E-state index contributed by atoms with van der Waals surface area (Å²) in [6, 6.07) is 29.2. The van der Waals surface area contributed by atoms with Crippen LogP contribution in [0.2, 0.25) is 0 Å². The number of aliphatic hydroxyl groups excluding tert-OH is 1. The van der Waals surface area contributed by atoms with Crippen LogP contribution >= 0.6 is 0 Å². The van der Waals surface area contributed by atoms with E-state index < -0.39 is 0 Å². The van der Waals surface area contributed by atoms with Crippen molar-refractivity contribution in [1.82, 2.24) is 10.2 Å². The van der Waals surface area contributed by atoms with E-state index in [0.29, 0.717) is 23.9 Å². The van der Waals surface area contributed by atoms with Gasteiger partial charge >= 0.3 is 0 Å². The maximum atomic E-state index is 9.93. The lowest BCUT2D eigenvalue weighted by atomic mass is 9.70. The molecule has 6 rings (SSSR count). The molecule has 2 N–H and O–H groups in total. The number of nitrogens with zero attached hydrogens (tertiary/aromatic N) is 1. The summed E-state index contributed by atoms with van der Waals surface area (Å²) < 4.78 is 5.75. The highest BCUT2D eigenvalue weighted by molar-refractivity contribution is 5.40. The fourth-order valence-corrected chi connectivity index (χ4v) is 6.35. The van der Waals surface area contributed by atoms with Crippen molar-refractivity contribution in [2.75, 3.05) is 26.8 Å². The van der Waals surface area contributed by atoms with Crippen LogP contribution in [0.15, 0.2) is 78.9 Å². The third-order valence-corrected chi connectivity index (χ3v) is 8.52. The summed E-state index contributed by atoms with van der Waals surface area (Å²) in [5, 5.41) is 14.0. The van der Waals surface area contributed by atoms with Gasteiger partial charge in [-0.2, -0.15) is 0 Å². The number of hydrogen-bond donors (Lipinski definition) is 2. The van der Waals surface area contributed by atoms with Gasteiger partial charge in [-0.1, -0.05) is 86.6 Å². The zero-order valence-corrected chi connectivity index (χ0v) is 21.9. The van der Waals surface area contributed by atoms with Crippen molar-refractivity contribution in [3.63, 3.8) is 0 Å². The molecule has 3 aromatic carbocycles. The molecule has 0 unspecified atom stereocenters. The van der Waals surface area contributed by atoms with Crippen LogP contribution in [0.25, 0.3) is 0 Å². The van der Waals surface area contributed by atoms with E-state index in [-0.39, 0.29) is 12.0 Å².